The topological polar surface area (TPSA) is 310 Å². The molecule has 1 heterocycles. The lowest BCUT2D eigenvalue weighted by Crippen LogP contribution is -2.67. The van der Waals surface area contributed by atoms with Crippen LogP contribution in [-0.4, -0.2) is 166 Å². The number of aliphatic hydroxyl groups excluding tert-OH is 6. The van der Waals surface area contributed by atoms with Crippen molar-refractivity contribution in [1.82, 2.24) is 5.32 Å². The summed E-state index contributed by atoms with van der Waals surface area (Å²) in [5, 5.41) is 73.6. The SMILES string of the molecule is CNC1C(O)C(OC2C(N=C(N)C(O)C(F)F)CC(N)C(OCC(N)CCC(O)CN=C(N)C(O)CO)C2O)OCC1(C)O. The predicted octanol–water partition coefficient (Wildman–Crippen LogP) is -5.56. The maximum atomic E-state index is 13.1. The van der Waals surface area contributed by atoms with Crippen molar-refractivity contribution in [3.8, 4) is 0 Å². The summed E-state index contributed by atoms with van der Waals surface area (Å²) < 4.78 is 43.4. The third kappa shape index (κ3) is 10.4. The molecule has 1 aliphatic carbocycles. The van der Waals surface area contributed by atoms with Crippen molar-refractivity contribution in [2.75, 3.05) is 33.4 Å². The Morgan fingerprint density at radius 3 is 2.36 bits per heavy atom. The number of halogens is 2. The van der Waals surface area contributed by atoms with Gasteiger partial charge in [-0.25, -0.2) is 8.78 Å². The first kappa shape index (κ1) is 38.5. The summed E-state index contributed by atoms with van der Waals surface area (Å²) in [6.07, 6.45) is -14.5. The summed E-state index contributed by atoms with van der Waals surface area (Å²) in [6.45, 7) is 0.309. The number of alkyl halides is 2. The molecule has 13 atom stereocenters. The lowest BCUT2D eigenvalue weighted by atomic mass is 9.83. The number of aliphatic imine (C=N–C) groups is 2. The van der Waals surface area contributed by atoms with Crippen LogP contribution in [0.1, 0.15) is 26.2 Å². The molecule has 19 heteroatoms. The molecule has 1 saturated carbocycles. The highest BCUT2D eigenvalue weighted by atomic mass is 19.3. The van der Waals surface area contributed by atoms with E-state index in [1.54, 1.807) is 0 Å². The molecule has 13 unspecified atom stereocenters. The first-order valence-corrected chi connectivity index (χ1v) is 14.3. The summed E-state index contributed by atoms with van der Waals surface area (Å²) in [7, 11) is 1.51. The second-order valence-electron chi connectivity index (χ2n) is 11.4. The van der Waals surface area contributed by atoms with Crippen LogP contribution in [0.5, 0.6) is 0 Å². The number of amidine groups is 2. The molecule has 0 aromatic heterocycles. The lowest BCUT2D eigenvalue weighted by Gasteiger charge is -2.47. The molecule has 0 aromatic carbocycles. The Labute approximate surface area is 253 Å². The molecule has 0 radical (unpaired) electrons. The van der Waals surface area contributed by atoms with Crippen molar-refractivity contribution in [3.05, 3.63) is 0 Å². The van der Waals surface area contributed by atoms with Gasteiger partial charge in [0.1, 0.15) is 47.8 Å². The van der Waals surface area contributed by atoms with Crippen molar-refractivity contribution < 1.29 is 58.7 Å². The molecule has 2 aliphatic rings. The summed E-state index contributed by atoms with van der Waals surface area (Å²) in [4.78, 5) is 7.78. The Morgan fingerprint density at radius 1 is 1.11 bits per heavy atom. The number of hydrogen-bond donors (Lipinski definition) is 12. The monoisotopic (exact) mass is 645 g/mol. The van der Waals surface area contributed by atoms with Gasteiger partial charge in [0.2, 0.25) is 0 Å². The number of likely N-dealkylation sites (N-methyl/N-ethyl adjacent to an activating group) is 1. The van der Waals surface area contributed by atoms with Crippen molar-refractivity contribution in [3.63, 3.8) is 0 Å². The van der Waals surface area contributed by atoms with E-state index in [4.69, 9.17) is 42.3 Å². The number of rotatable bonds is 16. The fraction of sp³-hybridized carbons (Fsp3) is 0.920. The Kier molecular flexibility index (Phi) is 15.1. The van der Waals surface area contributed by atoms with Crippen LogP contribution in [0.3, 0.4) is 0 Å². The van der Waals surface area contributed by atoms with Crippen molar-refractivity contribution in [1.29, 1.82) is 0 Å². The largest absolute Gasteiger partial charge is 0.393 e. The van der Waals surface area contributed by atoms with Gasteiger partial charge in [0.15, 0.2) is 12.4 Å². The molecule has 0 bridgehead atoms. The van der Waals surface area contributed by atoms with Crippen LogP contribution in [0.4, 0.5) is 8.78 Å². The normalized spacial score (nSPS) is 36.7. The van der Waals surface area contributed by atoms with Gasteiger partial charge in [-0.3, -0.25) is 9.98 Å². The molecule has 0 aromatic rings. The van der Waals surface area contributed by atoms with Gasteiger partial charge in [-0.1, -0.05) is 0 Å². The van der Waals surface area contributed by atoms with Gasteiger partial charge in [0.25, 0.3) is 6.43 Å². The van der Waals surface area contributed by atoms with Crippen LogP contribution in [0.25, 0.3) is 0 Å². The molecular weight excluding hydrogens is 596 g/mol. The number of nitrogens with two attached hydrogens (primary N) is 4. The van der Waals surface area contributed by atoms with Gasteiger partial charge in [-0.05, 0) is 33.2 Å². The molecule has 44 heavy (non-hydrogen) atoms. The summed E-state index contributed by atoms with van der Waals surface area (Å²) in [6, 6.07) is -3.63. The standard InChI is InChI=1S/C25H49F2N7O10/c1-25(41)9-43-24(16(39)20(25)32-2)44-19-13(34-23(31)17(40)21(26)27)5-12(29)18(15(19)38)42-8-10(28)3-4-11(36)6-33-22(30)14(37)7-35/h10-21,24,32,35-41H,3-9,28-29H2,1-2H3,(H2,30,33)(H2,31,34). The van der Waals surface area contributed by atoms with E-state index >= 15 is 0 Å². The van der Waals surface area contributed by atoms with E-state index in [1.807, 2.05) is 0 Å². The zero-order valence-electron chi connectivity index (χ0n) is 24.8. The highest BCUT2D eigenvalue weighted by Gasteiger charge is 2.51. The number of hydrogen-bond acceptors (Lipinski definition) is 15. The Morgan fingerprint density at radius 2 is 1.77 bits per heavy atom. The lowest BCUT2D eigenvalue weighted by molar-refractivity contribution is -0.297. The fourth-order valence-electron chi connectivity index (χ4n) is 5.08. The quantitative estimate of drug-likeness (QED) is 0.0550. The highest BCUT2D eigenvalue weighted by Crippen LogP contribution is 2.32. The number of nitrogens with one attached hydrogen (secondary N) is 1. The predicted molar refractivity (Wildman–Crippen MR) is 153 cm³/mol. The molecular formula is C25H49F2N7O10. The number of nitrogens with zero attached hydrogens (tertiary/aromatic N) is 2. The average Bonchev–Trinajstić information content (AvgIpc) is 2.96. The van der Waals surface area contributed by atoms with Gasteiger partial charge in [0.05, 0.1) is 44.6 Å². The second kappa shape index (κ2) is 17.3. The number of aliphatic hydroxyl groups is 7. The summed E-state index contributed by atoms with van der Waals surface area (Å²) in [5.41, 5.74) is 22.0. The maximum absolute atomic E-state index is 13.1. The van der Waals surface area contributed by atoms with Gasteiger partial charge < -0.3 is 78.2 Å². The minimum absolute atomic E-state index is 0.105. The molecule has 2 fully saturated rings. The Bertz CT molecular complexity index is 940. The molecule has 17 nitrogen and oxygen atoms in total. The van der Waals surface area contributed by atoms with Crippen molar-refractivity contribution in [2.24, 2.45) is 32.9 Å². The zero-order valence-corrected chi connectivity index (χ0v) is 24.8. The van der Waals surface area contributed by atoms with Crippen LogP contribution in [0.15, 0.2) is 9.98 Å². The maximum Gasteiger partial charge on any atom is 0.271 e. The van der Waals surface area contributed by atoms with E-state index in [-0.39, 0.29) is 44.9 Å². The minimum atomic E-state index is -3.23. The van der Waals surface area contributed by atoms with Crippen LogP contribution in [0, 0.1) is 0 Å². The molecule has 1 aliphatic heterocycles. The zero-order chi connectivity index (χ0) is 33.4. The van der Waals surface area contributed by atoms with Gasteiger partial charge in [0, 0.05) is 12.1 Å². The smallest absolute Gasteiger partial charge is 0.271 e. The van der Waals surface area contributed by atoms with Gasteiger partial charge >= 0.3 is 0 Å². The molecule has 0 amide bonds. The van der Waals surface area contributed by atoms with E-state index in [2.05, 4.69) is 15.3 Å². The second-order valence-corrected chi connectivity index (χ2v) is 11.4. The first-order valence-electron chi connectivity index (χ1n) is 14.3. The number of ether oxygens (including phenoxy) is 3. The third-order valence-corrected chi connectivity index (χ3v) is 7.65. The van der Waals surface area contributed by atoms with Crippen molar-refractivity contribution >= 4 is 11.7 Å². The third-order valence-electron chi connectivity index (χ3n) is 7.65. The summed E-state index contributed by atoms with van der Waals surface area (Å²) >= 11 is 0. The van der Waals surface area contributed by atoms with Gasteiger partial charge in [-0.2, -0.15) is 0 Å². The van der Waals surface area contributed by atoms with Crippen LogP contribution >= 0.6 is 0 Å². The van der Waals surface area contributed by atoms with E-state index < -0.39 is 97.7 Å². The fourth-order valence-corrected chi connectivity index (χ4v) is 5.08. The average molecular weight is 646 g/mol. The summed E-state index contributed by atoms with van der Waals surface area (Å²) in [5.74, 6) is -1.03. The first-order chi connectivity index (χ1) is 20.5. The molecule has 16 N–H and O–H groups in total. The van der Waals surface area contributed by atoms with E-state index in [1.165, 1.54) is 14.0 Å². The van der Waals surface area contributed by atoms with Crippen molar-refractivity contribution in [2.45, 2.75) is 111 Å². The Balaban J connectivity index is 2.13. The molecule has 258 valence electrons. The molecule has 1 saturated heterocycles. The van der Waals surface area contributed by atoms with Crippen LogP contribution in [0.2, 0.25) is 0 Å². The van der Waals surface area contributed by atoms with E-state index in [0.29, 0.717) is 0 Å². The van der Waals surface area contributed by atoms with E-state index in [9.17, 15) is 39.4 Å². The minimum Gasteiger partial charge on any atom is -0.393 e. The Hall–Kier alpha value is -1.72. The van der Waals surface area contributed by atoms with Gasteiger partial charge in [-0.15, -0.1) is 0 Å². The van der Waals surface area contributed by atoms with E-state index in [0.717, 1.165) is 0 Å². The van der Waals surface area contributed by atoms with Crippen LogP contribution in [-0.2, 0) is 14.2 Å². The molecule has 0 spiro atoms. The molecule has 2 rings (SSSR count). The highest BCUT2D eigenvalue weighted by molar-refractivity contribution is 5.85. The van der Waals surface area contributed by atoms with Crippen LogP contribution < -0.4 is 28.3 Å².